The summed E-state index contributed by atoms with van der Waals surface area (Å²) < 4.78 is 54.3. The van der Waals surface area contributed by atoms with Crippen LogP contribution >= 0.6 is 0 Å². The van der Waals surface area contributed by atoms with Gasteiger partial charge in [0.05, 0.1) is 5.56 Å². The minimum atomic E-state index is -4.90. The number of benzene rings is 2. The van der Waals surface area contributed by atoms with E-state index in [4.69, 9.17) is 9.47 Å². The van der Waals surface area contributed by atoms with Gasteiger partial charge in [-0.1, -0.05) is 30.0 Å². The first-order valence-corrected chi connectivity index (χ1v) is 10.2. The van der Waals surface area contributed by atoms with Gasteiger partial charge in [-0.2, -0.15) is 0 Å². The van der Waals surface area contributed by atoms with Crippen molar-refractivity contribution in [1.82, 2.24) is 0 Å². The molecule has 0 heterocycles. The van der Waals surface area contributed by atoms with Gasteiger partial charge in [0, 0.05) is 5.92 Å². The summed E-state index contributed by atoms with van der Waals surface area (Å²) in [6.45, 7) is 0. The zero-order valence-corrected chi connectivity index (χ0v) is 16.7. The van der Waals surface area contributed by atoms with Crippen molar-refractivity contribution in [3.8, 4) is 29.1 Å². The van der Waals surface area contributed by atoms with Crippen LogP contribution in [0.4, 0.5) is 13.2 Å². The van der Waals surface area contributed by atoms with E-state index < -0.39 is 23.7 Å². The molecule has 2 fully saturated rings. The van der Waals surface area contributed by atoms with Crippen molar-refractivity contribution < 1.29 is 32.2 Å². The van der Waals surface area contributed by atoms with Crippen LogP contribution in [0.25, 0.3) is 0 Å². The van der Waals surface area contributed by atoms with Crippen molar-refractivity contribution in [2.75, 3.05) is 0 Å². The maximum absolute atomic E-state index is 12.9. The molecule has 0 bridgehead atoms. The summed E-state index contributed by atoms with van der Waals surface area (Å²) >= 11 is 0. The second kappa shape index (κ2) is 8.54. The fraction of sp³-hybridized carbons (Fsp3) is 0.375. The topological polar surface area (TPSA) is 44.8 Å². The maximum Gasteiger partial charge on any atom is 0.573 e. The number of alkyl halides is 3. The lowest BCUT2D eigenvalue weighted by Gasteiger charge is -2.26. The Bertz CT molecular complexity index is 995. The number of rotatable bonds is 5. The first-order chi connectivity index (χ1) is 14.8. The predicted octanol–water partition coefficient (Wildman–Crippen LogP) is 5.91. The smallest absolute Gasteiger partial charge is 0.471 e. The Hall–Kier alpha value is -3.14. The van der Waals surface area contributed by atoms with Crippen LogP contribution < -0.4 is 14.2 Å². The van der Waals surface area contributed by atoms with E-state index in [9.17, 15) is 18.0 Å². The third-order valence-corrected chi connectivity index (χ3v) is 5.16. The molecule has 2 aliphatic carbocycles. The Morgan fingerprint density at radius 3 is 2.35 bits per heavy atom. The molecule has 162 valence electrons. The van der Waals surface area contributed by atoms with E-state index in [1.165, 1.54) is 12.1 Å². The van der Waals surface area contributed by atoms with Crippen LogP contribution in [0.5, 0.6) is 17.2 Å². The molecule has 0 spiro atoms. The van der Waals surface area contributed by atoms with Crippen molar-refractivity contribution in [2.45, 2.75) is 50.5 Å². The Morgan fingerprint density at radius 2 is 1.71 bits per heavy atom. The number of hydrogen-bond donors (Lipinski definition) is 0. The molecule has 31 heavy (non-hydrogen) atoms. The van der Waals surface area contributed by atoms with Gasteiger partial charge in [0.2, 0.25) is 0 Å². The average Bonchev–Trinajstić information content (AvgIpc) is 3.45. The highest BCUT2D eigenvalue weighted by Crippen LogP contribution is 2.40. The molecular formula is C24H21F3O4. The number of halogens is 3. The molecule has 2 aromatic carbocycles. The summed E-state index contributed by atoms with van der Waals surface area (Å²) in [5.74, 6) is 5.59. The van der Waals surface area contributed by atoms with Crippen molar-refractivity contribution in [2.24, 2.45) is 5.92 Å². The predicted molar refractivity (Wildman–Crippen MR) is 107 cm³/mol. The van der Waals surface area contributed by atoms with Crippen LogP contribution in [0, 0.1) is 17.8 Å². The van der Waals surface area contributed by atoms with Crippen LogP contribution in [0.15, 0.2) is 48.5 Å². The maximum atomic E-state index is 12.9. The number of carbonyl (C=O) groups is 1. The Labute approximate surface area is 178 Å². The Balaban J connectivity index is 1.63. The van der Waals surface area contributed by atoms with Gasteiger partial charge in [0.15, 0.2) is 17.1 Å². The van der Waals surface area contributed by atoms with Crippen LogP contribution in [-0.4, -0.2) is 17.9 Å². The number of ether oxygens (including phenoxy) is 3. The molecule has 2 saturated carbocycles. The first kappa shape index (κ1) is 21.1. The molecule has 4 nitrogen and oxygen atoms in total. The van der Waals surface area contributed by atoms with Gasteiger partial charge in [-0.05, 0) is 68.9 Å². The fourth-order valence-electron chi connectivity index (χ4n) is 3.45. The first-order valence-electron chi connectivity index (χ1n) is 10.2. The zero-order chi connectivity index (χ0) is 21.9. The highest BCUT2D eigenvalue weighted by atomic mass is 19.4. The molecule has 0 amide bonds. The van der Waals surface area contributed by atoms with E-state index in [1.807, 2.05) is 0 Å². The zero-order valence-electron chi connectivity index (χ0n) is 16.7. The molecule has 7 heteroatoms. The largest absolute Gasteiger partial charge is 0.573 e. The molecule has 0 saturated heterocycles. The molecule has 0 aliphatic heterocycles. The third-order valence-electron chi connectivity index (χ3n) is 5.16. The normalized spacial score (nSPS) is 17.4. The number of carbonyl (C=O) groups excluding carboxylic acids is 1. The summed E-state index contributed by atoms with van der Waals surface area (Å²) in [6, 6.07) is 11.9. The molecule has 4 rings (SSSR count). The number of para-hydroxylation sites is 1. The highest BCUT2D eigenvalue weighted by Gasteiger charge is 2.38. The quantitative estimate of drug-likeness (QED) is 0.336. The van der Waals surface area contributed by atoms with Gasteiger partial charge in [-0.25, -0.2) is 4.79 Å². The average molecular weight is 430 g/mol. The summed E-state index contributed by atoms with van der Waals surface area (Å²) in [6.07, 6.45) is 0.119. The lowest BCUT2D eigenvalue weighted by atomic mass is 10.0. The van der Waals surface area contributed by atoms with Gasteiger partial charge in [-0.15, -0.1) is 13.2 Å². The van der Waals surface area contributed by atoms with Crippen molar-refractivity contribution >= 4 is 5.97 Å². The Morgan fingerprint density at radius 1 is 1.00 bits per heavy atom. The minimum absolute atomic E-state index is 0.0525. The molecule has 0 unspecified atom stereocenters. The third kappa shape index (κ3) is 5.72. The molecular weight excluding hydrogens is 409 g/mol. The second-order valence-electron chi connectivity index (χ2n) is 7.76. The second-order valence-corrected chi connectivity index (χ2v) is 7.76. The minimum Gasteiger partial charge on any atom is -0.471 e. The van der Waals surface area contributed by atoms with Crippen molar-refractivity contribution in [1.29, 1.82) is 0 Å². The van der Waals surface area contributed by atoms with Gasteiger partial charge >= 0.3 is 12.3 Å². The van der Waals surface area contributed by atoms with Gasteiger partial charge in [0.1, 0.15) is 5.75 Å². The van der Waals surface area contributed by atoms with E-state index >= 15 is 0 Å². The number of hydrogen-bond acceptors (Lipinski definition) is 4. The lowest BCUT2D eigenvalue weighted by molar-refractivity contribution is -0.275. The number of esters is 1. The van der Waals surface area contributed by atoms with E-state index in [-0.39, 0.29) is 11.3 Å². The molecule has 2 aliphatic rings. The van der Waals surface area contributed by atoms with E-state index in [0.717, 1.165) is 31.7 Å². The van der Waals surface area contributed by atoms with Crippen LogP contribution in [0.1, 0.15) is 48.9 Å². The monoisotopic (exact) mass is 430 g/mol. The van der Waals surface area contributed by atoms with Gasteiger partial charge < -0.3 is 14.2 Å². The standard InChI is InChI=1S/C24H21F3O4/c25-24(26,27)31-20-11-10-18(22(28)29-19-6-2-1-3-7-19)16-21(20)30-23(13-4-5-14-23)15-12-17-8-9-17/h1-3,6-7,10-11,16-17H,4-5,8-9,13-14H2. The molecule has 2 aromatic rings. The summed E-state index contributed by atoms with van der Waals surface area (Å²) in [7, 11) is 0. The van der Waals surface area contributed by atoms with Crippen molar-refractivity contribution in [3.05, 3.63) is 54.1 Å². The van der Waals surface area contributed by atoms with E-state index in [2.05, 4.69) is 16.6 Å². The summed E-state index contributed by atoms with van der Waals surface area (Å²) in [4.78, 5) is 12.5. The van der Waals surface area contributed by atoms with Crippen LogP contribution in [-0.2, 0) is 0 Å². The molecule has 0 radical (unpaired) electrons. The Kier molecular flexibility index (Phi) is 5.81. The summed E-state index contributed by atoms with van der Waals surface area (Å²) in [5, 5.41) is 0. The van der Waals surface area contributed by atoms with Gasteiger partial charge in [-0.3, -0.25) is 0 Å². The summed E-state index contributed by atoms with van der Waals surface area (Å²) in [5.41, 5.74) is -0.828. The van der Waals surface area contributed by atoms with Crippen LogP contribution in [0.3, 0.4) is 0 Å². The van der Waals surface area contributed by atoms with E-state index in [1.54, 1.807) is 30.3 Å². The SMILES string of the molecule is O=C(Oc1ccccc1)c1ccc(OC(F)(F)F)c(OC2(C#CC3CC3)CCCC2)c1. The molecule has 0 N–H and O–H groups in total. The molecule has 0 atom stereocenters. The van der Waals surface area contributed by atoms with Crippen molar-refractivity contribution in [3.63, 3.8) is 0 Å². The van der Waals surface area contributed by atoms with Crippen LogP contribution in [0.2, 0.25) is 0 Å². The van der Waals surface area contributed by atoms with Gasteiger partial charge in [0.25, 0.3) is 0 Å². The fourth-order valence-corrected chi connectivity index (χ4v) is 3.45. The lowest BCUT2D eigenvalue weighted by Crippen LogP contribution is -2.31. The molecule has 0 aromatic heterocycles. The van der Waals surface area contributed by atoms with E-state index in [0.29, 0.717) is 24.5 Å². The highest BCUT2D eigenvalue weighted by molar-refractivity contribution is 5.91.